The van der Waals surface area contributed by atoms with E-state index in [2.05, 4.69) is 64.4 Å². The molecule has 0 radical (unpaired) electrons. The Balaban J connectivity index is 1.79. The monoisotopic (exact) mass is 297 g/mol. The number of piperidine rings is 1. The SMILES string of the molecule is Cc1cccc(C)c1Nc1nncc(N2CCC(C)CC2)n1. The van der Waals surface area contributed by atoms with Crippen LogP contribution in [0.3, 0.4) is 0 Å². The van der Waals surface area contributed by atoms with Gasteiger partial charge in [0.25, 0.3) is 0 Å². The molecular weight excluding hydrogens is 274 g/mol. The first-order valence-electron chi connectivity index (χ1n) is 7.91. The quantitative estimate of drug-likeness (QED) is 0.940. The number of anilines is 3. The van der Waals surface area contributed by atoms with E-state index in [9.17, 15) is 0 Å². The molecule has 0 unspecified atom stereocenters. The molecule has 22 heavy (non-hydrogen) atoms. The number of hydrogen-bond donors (Lipinski definition) is 1. The summed E-state index contributed by atoms with van der Waals surface area (Å²) in [7, 11) is 0. The van der Waals surface area contributed by atoms with Gasteiger partial charge in [-0.3, -0.25) is 0 Å². The largest absolute Gasteiger partial charge is 0.355 e. The predicted octanol–water partition coefficient (Wildman–Crippen LogP) is 3.47. The summed E-state index contributed by atoms with van der Waals surface area (Å²) < 4.78 is 0. The van der Waals surface area contributed by atoms with Crippen molar-refractivity contribution in [2.75, 3.05) is 23.3 Å². The Bertz CT molecular complexity index is 627. The Hall–Kier alpha value is -2.17. The van der Waals surface area contributed by atoms with Gasteiger partial charge in [-0.25, -0.2) is 0 Å². The van der Waals surface area contributed by atoms with Gasteiger partial charge in [-0.1, -0.05) is 25.1 Å². The summed E-state index contributed by atoms with van der Waals surface area (Å²) in [6, 6.07) is 6.22. The average molecular weight is 297 g/mol. The molecule has 1 N–H and O–H groups in total. The third kappa shape index (κ3) is 3.18. The standard InChI is InChI=1S/C17H23N5/c1-12-7-9-22(10-8-12)15-11-18-21-17(19-15)20-16-13(2)5-4-6-14(16)3/h4-6,11-12H,7-10H2,1-3H3,(H,19,20,21). The second-order valence-corrected chi connectivity index (χ2v) is 6.20. The van der Waals surface area contributed by atoms with Gasteiger partial charge in [0.1, 0.15) is 0 Å². The molecular formula is C17H23N5. The van der Waals surface area contributed by atoms with E-state index < -0.39 is 0 Å². The van der Waals surface area contributed by atoms with Crippen LogP contribution in [-0.2, 0) is 0 Å². The van der Waals surface area contributed by atoms with E-state index in [0.717, 1.165) is 30.5 Å². The molecule has 1 fully saturated rings. The minimum absolute atomic E-state index is 0.563. The Morgan fingerprint density at radius 2 is 1.82 bits per heavy atom. The molecule has 5 heteroatoms. The highest BCUT2D eigenvalue weighted by atomic mass is 15.3. The van der Waals surface area contributed by atoms with Crippen molar-refractivity contribution < 1.29 is 0 Å². The van der Waals surface area contributed by atoms with Crippen molar-refractivity contribution >= 4 is 17.5 Å². The van der Waals surface area contributed by atoms with Gasteiger partial charge in [0, 0.05) is 18.8 Å². The van der Waals surface area contributed by atoms with Crippen molar-refractivity contribution in [1.29, 1.82) is 0 Å². The Morgan fingerprint density at radius 3 is 2.50 bits per heavy atom. The van der Waals surface area contributed by atoms with Crippen LogP contribution in [0.15, 0.2) is 24.4 Å². The molecule has 2 aromatic rings. The highest BCUT2D eigenvalue weighted by Crippen LogP contribution is 2.24. The molecule has 1 aromatic carbocycles. The second-order valence-electron chi connectivity index (χ2n) is 6.20. The summed E-state index contributed by atoms with van der Waals surface area (Å²) in [5.74, 6) is 2.28. The van der Waals surface area contributed by atoms with E-state index in [1.54, 1.807) is 6.20 Å². The molecule has 0 amide bonds. The molecule has 1 aliphatic rings. The molecule has 5 nitrogen and oxygen atoms in total. The minimum Gasteiger partial charge on any atom is -0.355 e. The summed E-state index contributed by atoms with van der Waals surface area (Å²) in [5, 5.41) is 11.6. The first-order chi connectivity index (χ1) is 10.6. The van der Waals surface area contributed by atoms with Crippen LogP contribution in [-0.4, -0.2) is 28.3 Å². The molecule has 0 atom stereocenters. The van der Waals surface area contributed by atoms with Crippen molar-refractivity contribution in [2.45, 2.75) is 33.6 Å². The van der Waals surface area contributed by atoms with Gasteiger partial charge in [0.15, 0.2) is 5.82 Å². The van der Waals surface area contributed by atoms with Crippen LogP contribution in [0.2, 0.25) is 0 Å². The number of nitrogens with zero attached hydrogens (tertiary/aromatic N) is 4. The number of para-hydroxylation sites is 1. The minimum atomic E-state index is 0.563. The maximum atomic E-state index is 4.64. The Labute approximate surface area is 131 Å². The zero-order chi connectivity index (χ0) is 15.5. The second kappa shape index (κ2) is 6.30. The molecule has 1 saturated heterocycles. The normalized spacial score (nSPS) is 15.9. The van der Waals surface area contributed by atoms with Crippen LogP contribution in [0.25, 0.3) is 0 Å². The fourth-order valence-corrected chi connectivity index (χ4v) is 2.86. The van der Waals surface area contributed by atoms with Crippen molar-refractivity contribution in [3.05, 3.63) is 35.5 Å². The van der Waals surface area contributed by atoms with Crippen LogP contribution in [0.4, 0.5) is 17.5 Å². The molecule has 1 aromatic heterocycles. The maximum absolute atomic E-state index is 4.64. The molecule has 0 bridgehead atoms. The summed E-state index contributed by atoms with van der Waals surface area (Å²) in [5.41, 5.74) is 3.43. The van der Waals surface area contributed by atoms with Crippen molar-refractivity contribution in [3.8, 4) is 0 Å². The van der Waals surface area contributed by atoms with Gasteiger partial charge in [-0.2, -0.15) is 10.1 Å². The molecule has 0 aliphatic carbocycles. The van der Waals surface area contributed by atoms with E-state index >= 15 is 0 Å². The lowest BCUT2D eigenvalue weighted by Gasteiger charge is -2.30. The predicted molar refractivity (Wildman–Crippen MR) is 89.6 cm³/mol. The summed E-state index contributed by atoms with van der Waals surface area (Å²) in [4.78, 5) is 6.94. The topological polar surface area (TPSA) is 53.9 Å². The summed E-state index contributed by atoms with van der Waals surface area (Å²) >= 11 is 0. The van der Waals surface area contributed by atoms with Gasteiger partial charge < -0.3 is 10.2 Å². The lowest BCUT2D eigenvalue weighted by molar-refractivity contribution is 0.436. The lowest BCUT2D eigenvalue weighted by atomic mass is 9.99. The summed E-state index contributed by atoms with van der Waals surface area (Å²) in [6.07, 6.45) is 4.18. The van der Waals surface area contributed by atoms with Crippen molar-refractivity contribution in [1.82, 2.24) is 15.2 Å². The molecule has 116 valence electrons. The van der Waals surface area contributed by atoms with E-state index in [1.807, 2.05) is 0 Å². The fraction of sp³-hybridized carbons (Fsp3) is 0.471. The zero-order valence-electron chi connectivity index (χ0n) is 13.5. The van der Waals surface area contributed by atoms with Crippen LogP contribution < -0.4 is 10.2 Å². The third-order valence-corrected chi connectivity index (χ3v) is 4.37. The van der Waals surface area contributed by atoms with Crippen molar-refractivity contribution in [2.24, 2.45) is 5.92 Å². The van der Waals surface area contributed by atoms with E-state index in [-0.39, 0.29) is 0 Å². The van der Waals surface area contributed by atoms with E-state index in [4.69, 9.17) is 0 Å². The summed E-state index contributed by atoms with van der Waals surface area (Å²) in [6.45, 7) is 8.56. The van der Waals surface area contributed by atoms with Gasteiger partial charge >= 0.3 is 0 Å². The molecule has 0 spiro atoms. The number of aryl methyl sites for hydroxylation is 2. The van der Waals surface area contributed by atoms with Crippen molar-refractivity contribution in [3.63, 3.8) is 0 Å². The molecule has 1 aliphatic heterocycles. The number of rotatable bonds is 3. The average Bonchev–Trinajstić information content (AvgIpc) is 2.52. The molecule has 3 rings (SSSR count). The zero-order valence-corrected chi connectivity index (χ0v) is 13.5. The first kappa shape index (κ1) is 14.8. The van der Waals surface area contributed by atoms with Gasteiger partial charge in [0.2, 0.25) is 5.95 Å². The third-order valence-electron chi connectivity index (χ3n) is 4.37. The highest BCUT2D eigenvalue weighted by molar-refractivity contribution is 5.63. The van der Waals surface area contributed by atoms with Crippen LogP contribution in [0, 0.1) is 19.8 Å². The van der Waals surface area contributed by atoms with Gasteiger partial charge in [0.05, 0.1) is 6.20 Å². The first-order valence-corrected chi connectivity index (χ1v) is 7.91. The smallest absolute Gasteiger partial charge is 0.249 e. The lowest BCUT2D eigenvalue weighted by Crippen LogP contribution is -2.33. The van der Waals surface area contributed by atoms with Crippen LogP contribution in [0.5, 0.6) is 0 Å². The van der Waals surface area contributed by atoms with Gasteiger partial charge in [-0.05, 0) is 43.7 Å². The Morgan fingerprint density at radius 1 is 1.14 bits per heavy atom. The Kier molecular flexibility index (Phi) is 4.22. The molecule has 0 saturated carbocycles. The highest BCUT2D eigenvalue weighted by Gasteiger charge is 2.18. The number of nitrogens with one attached hydrogen (secondary N) is 1. The van der Waals surface area contributed by atoms with Crippen LogP contribution >= 0.6 is 0 Å². The maximum Gasteiger partial charge on any atom is 0.249 e. The van der Waals surface area contributed by atoms with E-state index in [0.29, 0.717) is 5.95 Å². The number of aromatic nitrogens is 3. The molecule has 2 heterocycles. The number of hydrogen-bond acceptors (Lipinski definition) is 5. The van der Waals surface area contributed by atoms with Gasteiger partial charge in [-0.15, -0.1) is 5.10 Å². The fourth-order valence-electron chi connectivity index (χ4n) is 2.86. The van der Waals surface area contributed by atoms with Crippen LogP contribution in [0.1, 0.15) is 30.9 Å². The number of benzene rings is 1. The van der Waals surface area contributed by atoms with E-state index in [1.165, 1.54) is 24.0 Å².